The first-order chi connectivity index (χ1) is 9.73. The van der Waals surface area contributed by atoms with Crippen molar-refractivity contribution in [1.82, 2.24) is 15.1 Å². The van der Waals surface area contributed by atoms with Crippen LogP contribution >= 0.6 is 0 Å². The summed E-state index contributed by atoms with van der Waals surface area (Å²) in [6, 6.07) is -0.401. The predicted molar refractivity (Wildman–Crippen MR) is 75.7 cm³/mol. The summed E-state index contributed by atoms with van der Waals surface area (Å²) >= 11 is 0. The number of nitrogens with zero attached hydrogens (tertiary/aromatic N) is 2. The lowest BCUT2D eigenvalue weighted by molar-refractivity contribution is -0.144. The summed E-state index contributed by atoms with van der Waals surface area (Å²) in [7, 11) is 1.73. The molecule has 2 N–H and O–H groups in total. The van der Waals surface area contributed by atoms with Crippen molar-refractivity contribution in [3.63, 3.8) is 0 Å². The second-order valence-corrected chi connectivity index (χ2v) is 6.43. The molecule has 0 aromatic heterocycles. The molecular weight excluding hydrogens is 274 g/mol. The zero-order chi connectivity index (χ0) is 15.8. The molecule has 0 spiro atoms. The van der Waals surface area contributed by atoms with Gasteiger partial charge in [-0.2, -0.15) is 0 Å². The van der Waals surface area contributed by atoms with Crippen LogP contribution in [0.3, 0.4) is 0 Å². The van der Waals surface area contributed by atoms with E-state index in [9.17, 15) is 14.4 Å². The van der Waals surface area contributed by atoms with Gasteiger partial charge >= 0.3 is 12.0 Å². The monoisotopic (exact) mass is 297 g/mol. The molecule has 1 saturated carbocycles. The maximum atomic E-state index is 12.4. The van der Waals surface area contributed by atoms with E-state index >= 15 is 0 Å². The van der Waals surface area contributed by atoms with Crippen LogP contribution in [0.25, 0.3) is 0 Å². The number of carboxylic acid groups (broad SMARTS) is 1. The second kappa shape index (κ2) is 5.54. The number of nitrogens with one attached hydrogen (secondary N) is 1. The molecule has 7 nitrogen and oxygen atoms in total. The van der Waals surface area contributed by atoms with Crippen LogP contribution in [-0.2, 0) is 9.59 Å². The van der Waals surface area contributed by atoms with Gasteiger partial charge in [0.2, 0.25) is 5.91 Å². The van der Waals surface area contributed by atoms with Crippen LogP contribution in [0.15, 0.2) is 0 Å². The quantitative estimate of drug-likeness (QED) is 0.776. The van der Waals surface area contributed by atoms with E-state index in [2.05, 4.69) is 5.32 Å². The Kier molecular flexibility index (Phi) is 4.11. The van der Waals surface area contributed by atoms with Gasteiger partial charge in [0.05, 0.1) is 5.92 Å². The highest BCUT2D eigenvalue weighted by Gasteiger charge is 2.43. The summed E-state index contributed by atoms with van der Waals surface area (Å²) in [5, 5.41) is 11.9. The molecular formula is C14H23N3O4. The van der Waals surface area contributed by atoms with Gasteiger partial charge in [0.25, 0.3) is 0 Å². The molecule has 0 aromatic rings. The number of amides is 3. The minimum absolute atomic E-state index is 0.0845. The highest BCUT2D eigenvalue weighted by atomic mass is 16.4. The molecule has 1 aliphatic carbocycles. The molecule has 21 heavy (non-hydrogen) atoms. The van der Waals surface area contributed by atoms with Gasteiger partial charge in [0.15, 0.2) is 0 Å². The van der Waals surface area contributed by atoms with E-state index < -0.39 is 11.5 Å². The molecule has 2 atom stereocenters. The van der Waals surface area contributed by atoms with E-state index in [1.165, 1.54) is 0 Å². The van der Waals surface area contributed by atoms with Crippen LogP contribution in [0.4, 0.5) is 4.79 Å². The Bertz CT molecular complexity index is 463. The summed E-state index contributed by atoms with van der Waals surface area (Å²) < 4.78 is 0. The van der Waals surface area contributed by atoms with Crippen LogP contribution < -0.4 is 5.32 Å². The Morgan fingerprint density at radius 1 is 1.29 bits per heavy atom. The molecule has 7 heteroatoms. The van der Waals surface area contributed by atoms with Gasteiger partial charge in [-0.25, -0.2) is 4.79 Å². The maximum Gasteiger partial charge on any atom is 0.318 e. The summed E-state index contributed by atoms with van der Waals surface area (Å²) in [5.41, 5.74) is -0.873. The fraction of sp³-hybridized carbons (Fsp3) is 0.786. The lowest BCUT2D eigenvalue weighted by Gasteiger charge is -2.44. The number of hydrogen-bond donors (Lipinski definition) is 2. The Balaban J connectivity index is 1.98. The number of carbonyl (C=O) groups is 3. The number of likely N-dealkylation sites (N-methyl/N-ethyl adjacent to an activating group) is 1. The fourth-order valence-corrected chi connectivity index (χ4v) is 3.16. The largest absolute Gasteiger partial charge is 0.481 e. The normalized spacial score (nSPS) is 28.6. The molecule has 0 bridgehead atoms. The van der Waals surface area contributed by atoms with Crippen molar-refractivity contribution in [2.45, 2.75) is 44.7 Å². The Morgan fingerprint density at radius 3 is 2.52 bits per heavy atom. The number of aliphatic carboxylic acids is 1. The fourth-order valence-electron chi connectivity index (χ4n) is 3.16. The number of piperazine rings is 1. The van der Waals surface area contributed by atoms with Gasteiger partial charge in [0, 0.05) is 26.2 Å². The van der Waals surface area contributed by atoms with Crippen molar-refractivity contribution in [3.8, 4) is 0 Å². The molecule has 2 rings (SSSR count). The van der Waals surface area contributed by atoms with Crippen LogP contribution in [0.5, 0.6) is 0 Å². The summed E-state index contributed by atoms with van der Waals surface area (Å²) in [4.78, 5) is 38.7. The number of carbonyl (C=O) groups excluding carboxylic acids is 2. The van der Waals surface area contributed by atoms with Crippen molar-refractivity contribution in [1.29, 1.82) is 0 Å². The Hall–Kier alpha value is -1.79. The Morgan fingerprint density at radius 2 is 1.95 bits per heavy atom. The van der Waals surface area contributed by atoms with E-state index in [1.807, 2.05) is 0 Å². The first-order valence-corrected chi connectivity index (χ1v) is 7.30. The highest BCUT2D eigenvalue weighted by molar-refractivity contribution is 5.91. The minimum Gasteiger partial charge on any atom is -0.481 e. The van der Waals surface area contributed by atoms with Crippen LogP contribution in [0.1, 0.15) is 33.1 Å². The van der Waals surface area contributed by atoms with Gasteiger partial charge in [0.1, 0.15) is 5.54 Å². The van der Waals surface area contributed by atoms with E-state index in [1.54, 1.807) is 30.7 Å². The van der Waals surface area contributed by atoms with Crippen molar-refractivity contribution < 1.29 is 19.5 Å². The standard InChI is InChI=1S/C14H23N3O4/c1-14(2)12(20)16(3)6-7-17(14)13(21)15-10-5-4-9(8-10)11(18)19/h9-10H,4-8H2,1-3H3,(H,15,21)(H,18,19). The van der Waals surface area contributed by atoms with Gasteiger partial charge in [-0.1, -0.05) is 0 Å². The van der Waals surface area contributed by atoms with Gasteiger partial charge in [-0.15, -0.1) is 0 Å². The molecule has 1 saturated heterocycles. The summed E-state index contributed by atoms with van der Waals surface area (Å²) in [6.07, 6.45) is 1.72. The van der Waals surface area contributed by atoms with E-state index in [0.717, 1.165) is 0 Å². The zero-order valence-electron chi connectivity index (χ0n) is 12.8. The van der Waals surface area contributed by atoms with Gasteiger partial charge in [-0.3, -0.25) is 9.59 Å². The van der Waals surface area contributed by atoms with Crippen molar-refractivity contribution in [2.24, 2.45) is 5.92 Å². The molecule has 2 unspecified atom stereocenters. The average Bonchev–Trinajstić information content (AvgIpc) is 2.84. The SMILES string of the molecule is CN1CCN(C(=O)NC2CCC(C(=O)O)C2)C(C)(C)C1=O. The number of hydrogen-bond acceptors (Lipinski definition) is 3. The first kappa shape index (κ1) is 15.6. The van der Waals surface area contributed by atoms with E-state index in [-0.39, 0.29) is 23.9 Å². The van der Waals surface area contributed by atoms with Crippen molar-refractivity contribution in [3.05, 3.63) is 0 Å². The highest BCUT2D eigenvalue weighted by Crippen LogP contribution is 2.27. The summed E-state index contributed by atoms with van der Waals surface area (Å²) in [6.45, 7) is 4.47. The second-order valence-electron chi connectivity index (χ2n) is 6.43. The third kappa shape index (κ3) is 2.96. The molecule has 1 aliphatic heterocycles. The van der Waals surface area contributed by atoms with Crippen LogP contribution in [0, 0.1) is 5.92 Å². The lowest BCUT2D eigenvalue weighted by Crippen LogP contribution is -2.65. The third-order valence-corrected chi connectivity index (χ3v) is 4.56. The number of rotatable bonds is 2. The van der Waals surface area contributed by atoms with E-state index in [0.29, 0.717) is 32.4 Å². The third-order valence-electron chi connectivity index (χ3n) is 4.56. The summed E-state index contributed by atoms with van der Waals surface area (Å²) in [5.74, 6) is -1.27. The number of urea groups is 1. The molecule has 0 radical (unpaired) electrons. The zero-order valence-corrected chi connectivity index (χ0v) is 12.8. The molecule has 0 aromatic carbocycles. The molecule has 2 aliphatic rings. The molecule has 118 valence electrons. The minimum atomic E-state index is -0.873. The maximum absolute atomic E-state index is 12.4. The number of carboxylic acids is 1. The van der Waals surface area contributed by atoms with Gasteiger partial charge in [-0.05, 0) is 33.1 Å². The van der Waals surface area contributed by atoms with E-state index in [4.69, 9.17) is 5.11 Å². The van der Waals surface area contributed by atoms with Crippen LogP contribution in [-0.4, -0.2) is 64.5 Å². The van der Waals surface area contributed by atoms with Crippen molar-refractivity contribution in [2.75, 3.05) is 20.1 Å². The molecule has 3 amide bonds. The topological polar surface area (TPSA) is 89.9 Å². The average molecular weight is 297 g/mol. The van der Waals surface area contributed by atoms with Crippen LogP contribution in [0.2, 0.25) is 0 Å². The lowest BCUT2D eigenvalue weighted by atomic mass is 9.98. The van der Waals surface area contributed by atoms with Crippen molar-refractivity contribution >= 4 is 17.9 Å². The smallest absolute Gasteiger partial charge is 0.318 e. The van der Waals surface area contributed by atoms with Gasteiger partial charge < -0.3 is 20.2 Å². The first-order valence-electron chi connectivity index (χ1n) is 7.30. The molecule has 2 fully saturated rings. The predicted octanol–water partition coefficient (Wildman–Crippen LogP) is 0.502. The molecule has 1 heterocycles. The Labute approximate surface area is 124 Å².